The maximum atomic E-state index is 2.53. The van der Waals surface area contributed by atoms with Crippen LogP contribution in [-0.2, 0) is 0 Å². The Morgan fingerprint density at radius 1 is 1.46 bits per heavy atom. The summed E-state index contributed by atoms with van der Waals surface area (Å²) in [7, 11) is 2.28. The molecule has 0 amide bonds. The summed E-state index contributed by atoms with van der Waals surface area (Å²) in [4.78, 5) is 2.53. The third-order valence-electron chi connectivity index (χ3n) is 3.91. The summed E-state index contributed by atoms with van der Waals surface area (Å²) in [5, 5.41) is 0. The van der Waals surface area contributed by atoms with Gasteiger partial charge in [-0.15, -0.1) is 0 Å². The van der Waals surface area contributed by atoms with Crippen molar-refractivity contribution < 1.29 is 0 Å². The number of likely N-dealkylation sites (tertiary alicyclic amines) is 1. The van der Waals surface area contributed by atoms with Gasteiger partial charge in [0.15, 0.2) is 0 Å². The fourth-order valence-corrected chi connectivity index (χ4v) is 3.23. The van der Waals surface area contributed by atoms with E-state index < -0.39 is 0 Å². The van der Waals surface area contributed by atoms with Crippen LogP contribution in [0.2, 0.25) is 0 Å². The van der Waals surface area contributed by atoms with Gasteiger partial charge in [0.2, 0.25) is 0 Å². The molecule has 1 heterocycles. The lowest BCUT2D eigenvalue weighted by molar-refractivity contribution is 0.176. The highest BCUT2D eigenvalue weighted by Crippen LogP contribution is 2.60. The van der Waals surface area contributed by atoms with Gasteiger partial charge in [0, 0.05) is 6.54 Å². The summed E-state index contributed by atoms with van der Waals surface area (Å²) in [6.45, 7) is 7.43. The first-order chi connectivity index (χ1) is 6.12. The van der Waals surface area contributed by atoms with E-state index >= 15 is 0 Å². The van der Waals surface area contributed by atoms with Crippen molar-refractivity contribution in [3.63, 3.8) is 0 Å². The summed E-state index contributed by atoms with van der Waals surface area (Å²) in [5.41, 5.74) is 0.775. The second kappa shape index (κ2) is 3.27. The first-order valence-corrected chi connectivity index (χ1v) is 5.81. The Balaban J connectivity index is 1.87. The van der Waals surface area contributed by atoms with E-state index in [0.29, 0.717) is 0 Å². The van der Waals surface area contributed by atoms with Crippen LogP contribution in [0.3, 0.4) is 0 Å². The van der Waals surface area contributed by atoms with Gasteiger partial charge in [0.05, 0.1) is 0 Å². The largest absolute Gasteiger partial charge is 0.306 e. The van der Waals surface area contributed by atoms with Gasteiger partial charge in [-0.25, -0.2) is 0 Å². The SMILES string of the molecule is CC(C)CC1CC12CCCN(C)C2. The lowest BCUT2D eigenvalue weighted by Crippen LogP contribution is -2.34. The van der Waals surface area contributed by atoms with Crippen molar-refractivity contribution in [1.29, 1.82) is 0 Å². The smallest absolute Gasteiger partial charge is 0.00377 e. The monoisotopic (exact) mass is 181 g/mol. The van der Waals surface area contributed by atoms with Crippen molar-refractivity contribution in [2.75, 3.05) is 20.1 Å². The highest BCUT2D eigenvalue weighted by atomic mass is 15.1. The Hall–Kier alpha value is -0.0400. The third-order valence-corrected chi connectivity index (χ3v) is 3.91. The minimum Gasteiger partial charge on any atom is -0.306 e. The molecule has 0 N–H and O–H groups in total. The molecule has 2 fully saturated rings. The van der Waals surface area contributed by atoms with Crippen molar-refractivity contribution in [3.8, 4) is 0 Å². The van der Waals surface area contributed by atoms with E-state index in [0.717, 1.165) is 17.3 Å². The van der Waals surface area contributed by atoms with Gasteiger partial charge in [-0.1, -0.05) is 13.8 Å². The molecule has 76 valence electrons. The Morgan fingerprint density at radius 2 is 2.23 bits per heavy atom. The van der Waals surface area contributed by atoms with E-state index in [1.807, 2.05) is 0 Å². The van der Waals surface area contributed by atoms with Crippen LogP contribution in [0.4, 0.5) is 0 Å². The molecule has 2 rings (SSSR count). The fourth-order valence-electron chi connectivity index (χ4n) is 3.23. The number of piperidine rings is 1. The fraction of sp³-hybridized carbons (Fsp3) is 1.00. The van der Waals surface area contributed by atoms with Crippen LogP contribution in [0.15, 0.2) is 0 Å². The molecule has 2 aliphatic rings. The minimum absolute atomic E-state index is 0.775. The molecule has 1 spiro atoms. The van der Waals surface area contributed by atoms with Crippen LogP contribution in [0.1, 0.15) is 39.5 Å². The number of nitrogens with zero attached hydrogens (tertiary/aromatic N) is 1. The highest BCUT2D eigenvalue weighted by Gasteiger charge is 2.54. The minimum atomic E-state index is 0.775. The van der Waals surface area contributed by atoms with Crippen LogP contribution in [0.5, 0.6) is 0 Å². The molecule has 1 nitrogen and oxygen atoms in total. The van der Waals surface area contributed by atoms with E-state index in [-0.39, 0.29) is 0 Å². The molecule has 0 aromatic carbocycles. The highest BCUT2D eigenvalue weighted by molar-refractivity contribution is 5.05. The summed E-state index contributed by atoms with van der Waals surface area (Å²) in [6.07, 6.45) is 5.93. The predicted molar refractivity (Wildman–Crippen MR) is 56.7 cm³/mol. The van der Waals surface area contributed by atoms with E-state index in [2.05, 4.69) is 25.8 Å². The Morgan fingerprint density at radius 3 is 2.85 bits per heavy atom. The van der Waals surface area contributed by atoms with Crippen LogP contribution in [0.25, 0.3) is 0 Å². The molecule has 0 radical (unpaired) electrons. The molecule has 1 heteroatoms. The van der Waals surface area contributed by atoms with Gasteiger partial charge in [-0.3, -0.25) is 0 Å². The molecule has 1 saturated heterocycles. The molecule has 1 saturated carbocycles. The average molecular weight is 181 g/mol. The first-order valence-electron chi connectivity index (χ1n) is 5.81. The van der Waals surface area contributed by atoms with Crippen molar-refractivity contribution >= 4 is 0 Å². The van der Waals surface area contributed by atoms with Gasteiger partial charge >= 0.3 is 0 Å². The van der Waals surface area contributed by atoms with Crippen LogP contribution < -0.4 is 0 Å². The van der Waals surface area contributed by atoms with Crippen molar-refractivity contribution in [2.24, 2.45) is 17.3 Å². The van der Waals surface area contributed by atoms with Crippen LogP contribution in [-0.4, -0.2) is 25.0 Å². The Bertz CT molecular complexity index is 188. The topological polar surface area (TPSA) is 3.24 Å². The lowest BCUT2D eigenvalue weighted by atomic mass is 9.90. The molecule has 2 atom stereocenters. The lowest BCUT2D eigenvalue weighted by Gasteiger charge is -2.31. The van der Waals surface area contributed by atoms with E-state index in [9.17, 15) is 0 Å². The van der Waals surface area contributed by atoms with Crippen molar-refractivity contribution in [1.82, 2.24) is 4.90 Å². The zero-order valence-electron chi connectivity index (χ0n) is 9.34. The molecular formula is C12H23N. The molecule has 2 unspecified atom stereocenters. The average Bonchev–Trinajstić information content (AvgIpc) is 2.60. The van der Waals surface area contributed by atoms with Crippen LogP contribution >= 0.6 is 0 Å². The summed E-state index contributed by atoms with van der Waals surface area (Å²) in [5.74, 6) is 1.96. The van der Waals surface area contributed by atoms with E-state index in [1.54, 1.807) is 0 Å². The number of hydrogen-bond acceptors (Lipinski definition) is 1. The second-order valence-electron chi connectivity index (χ2n) is 5.73. The molecule has 1 aliphatic carbocycles. The van der Waals surface area contributed by atoms with E-state index in [1.165, 1.54) is 38.8 Å². The third kappa shape index (κ3) is 1.90. The second-order valence-corrected chi connectivity index (χ2v) is 5.73. The molecule has 0 aromatic rings. The predicted octanol–water partition coefficient (Wildman–Crippen LogP) is 2.76. The van der Waals surface area contributed by atoms with Gasteiger partial charge in [0.25, 0.3) is 0 Å². The summed E-state index contributed by atoms with van der Waals surface area (Å²) < 4.78 is 0. The standard InChI is InChI=1S/C12H23N/c1-10(2)7-11-8-12(11)5-4-6-13(3)9-12/h10-11H,4-9H2,1-3H3. The van der Waals surface area contributed by atoms with E-state index in [4.69, 9.17) is 0 Å². The molecule has 0 bridgehead atoms. The molecule has 0 aromatic heterocycles. The Kier molecular flexibility index (Phi) is 2.39. The molecule has 13 heavy (non-hydrogen) atoms. The van der Waals surface area contributed by atoms with Crippen molar-refractivity contribution in [3.05, 3.63) is 0 Å². The van der Waals surface area contributed by atoms with Gasteiger partial charge < -0.3 is 4.90 Å². The summed E-state index contributed by atoms with van der Waals surface area (Å²) >= 11 is 0. The van der Waals surface area contributed by atoms with Gasteiger partial charge in [-0.05, 0) is 56.5 Å². The number of rotatable bonds is 2. The summed E-state index contributed by atoms with van der Waals surface area (Å²) in [6, 6.07) is 0. The molecule has 1 aliphatic heterocycles. The normalized spacial score (nSPS) is 40.2. The van der Waals surface area contributed by atoms with Crippen molar-refractivity contribution in [2.45, 2.75) is 39.5 Å². The molecular weight excluding hydrogens is 158 g/mol. The first kappa shape index (κ1) is 9.51. The van der Waals surface area contributed by atoms with Crippen LogP contribution in [0, 0.1) is 17.3 Å². The maximum Gasteiger partial charge on any atom is 0.00377 e. The maximum absolute atomic E-state index is 2.53. The van der Waals surface area contributed by atoms with Gasteiger partial charge in [-0.2, -0.15) is 0 Å². The van der Waals surface area contributed by atoms with Gasteiger partial charge in [0.1, 0.15) is 0 Å². The Labute approximate surface area is 82.5 Å². The zero-order valence-corrected chi connectivity index (χ0v) is 9.34. The quantitative estimate of drug-likeness (QED) is 0.633. The number of hydrogen-bond donors (Lipinski definition) is 0. The zero-order chi connectivity index (χ0) is 9.47.